The molecule has 2 unspecified atom stereocenters. The van der Waals surface area contributed by atoms with Crippen LogP contribution in [-0.4, -0.2) is 43.9 Å². The minimum atomic E-state index is -0.735. The van der Waals surface area contributed by atoms with Crippen LogP contribution in [0.3, 0.4) is 0 Å². The van der Waals surface area contributed by atoms with Crippen molar-refractivity contribution in [3.8, 4) is 0 Å². The van der Waals surface area contributed by atoms with E-state index in [9.17, 15) is 4.79 Å². The molecular formula is C12H22N2O3. The van der Waals surface area contributed by atoms with E-state index in [4.69, 9.17) is 15.2 Å². The number of rotatable bonds is 3. The molecule has 2 heterocycles. The van der Waals surface area contributed by atoms with Crippen LogP contribution in [0, 0.1) is 5.92 Å². The summed E-state index contributed by atoms with van der Waals surface area (Å²) < 4.78 is 10.7. The van der Waals surface area contributed by atoms with Gasteiger partial charge in [0.25, 0.3) is 0 Å². The highest BCUT2D eigenvalue weighted by molar-refractivity contribution is 5.86. The zero-order chi connectivity index (χ0) is 12.3. The maximum Gasteiger partial charge on any atom is 0.240 e. The molecule has 0 aromatic carbocycles. The fourth-order valence-electron chi connectivity index (χ4n) is 2.41. The van der Waals surface area contributed by atoms with Gasteiger partial charge in [-0.3, -0.25) is 4.79 Å². The van der Waals surface area contributed by atoms with Crippen LogP contribution in [0.2, 0.25) is 0 Å². The number of nitrogens with one attached hydrogen (secondary N) is 1. The third-order valence-electron chi connectivity index (χ3n) is 3.90. The molecule has 0 bridgehead atoms. The zero-order valence-corrected chi connectivity index (χ0v) is 10.4. The molecule has 3 N–H and O–H groups in total. The highest BCUT2D eigenvalue weighted by atomic mass is 16.5. The highest BCUT2D eigenvalue weighted by Crippen LogP contribution is 2.21. The van der Waals surface area contributed by atoms with Crippen LogP contribution in [0.1, 0.15) is 26.2 Å². The SMILES string of the molecule is CC1OCCC1CNC(=O)C1(N)CCOCC1. The molecule has 2 aliphatic heterocycles. The summed E-state index contributed by atoms with van der Waals surface area (Å²) >= 11 is 0. The standard InChI is InChI=1S/C12H22N2O3/c1-9-10(2-5-17-9)8-14-11(15)12(13)3-6-16-7-4-12/h9-10H,2-8,13H2,1H3,(H,14,15). The van der Waals surface area contributed by atoms with Gasteiger partial charge >= 0.3 is 0 Å². The molecule has 17 heavy (non-hydrogen) atoms. The second kappa shape index (κ2) is 5.33. The van der Waals surface area contributed by atoms with Crippen LogP contribution in [0.5, 0.6) is 0 Å². The Morgan fingerprint density at radius 2 is 2.12 bits per heavy atom. The summed E-state index contributed by atoms with van der Waals surface area (Å²) in [4.78, 5) is 12.1. The number of nitrogens with two attached hydrogens (primary N) is 1. The van der Waals surface area contributed by atoms with Crippen LogP contribution in [0.15, 0.2) is 0 Å². The third kappa shape index (κ3) is 2.97. The van der Waals surface area contributed by atoms with E-state index in [1.165, 1.54) is 0 Å². The van der Waals surface area contributed by atoms with Gasteiger partial charge in [0.15, 0.2) is 0 Å². The Kier molecular flexibility index (Phi) is 4.01. The normalized spacial score (nSPS) is 32.4. The topological polar surface area (TPSA) is 73.6 Å². The maximum absolute atomic E-state index is 12.1. The van der Waals surface area contributed by atoms with Crippen molar-refractivity contribution in [2.75, 3.05) is 26.4 Å². The van der Waals surface area contributed by atoms with E-state index in [2.05, 4.69) is 12.2 Å². The first-order valence-corrected chi connectivity index (χ1v) is 6.38. The molecule has 2 rings (SSSR count). The van der Waals surface area contributed by atoms with Crippen LogP contribution in [0.4, 0.5) is 0 Å². The second-order valence-electron chi connectivity index (χ2n) is 5.10. The van der Waals surface area contributed by atoms with Gasteiger partial charge in [-0.25, -0.2) is 0 Å². The van der Waals surface area contributed by atoms with Crippen molar-refractivity contribution in [2.45, 2.75) is 37.8 Å². The van der Waals surface area contributed by atoms with Gasteiger partial charge in [0.2, 0.25) is 5.91 Å². The van der Waals surface area contributed by atoms with E-state index < -0.39 is 5.54 Å². The fourth-order valence-corrected chi connectivity index (χ4v) is 2.41. The van der Waals surface area contributed by atoms with Gasteiger partial charge in [0.1, 0.15) is 0 Å². The van der Waals surface area contributed by atoms with Crippen LogP contribution < -0.4 is 11.1 Å². The molecule has 0 spiro atoms. The average Bonchev–Trinajstić information content (AvgIpc) is 2.73. The van der Waals surface area contributed by atoms with Crippen molar-refractivity contribution in [3.63, 3.8) is 0 Å². The molecule has 0 aromatic rings. The lowest BCUT2D eigenvalue weighted by Gasteiger charge is -2.32. The summed E-state index contributed by atoms with van der Waals surface area (Å²) in [5.41, 5.74) is 5.36. The Bertz CT molecular complexity index is 277. The lowest BCUT2D eigenvalue weighted by molar-refractivity contribution is -0.130. The van der Waals surface area contributed by atoms with E-state index in [0.29, 0.717) is 38.5 Å². The summed E-state index contributed by atoms with van der Waals surface area (Å²) in [6.07, 6.45) is 2.46. The van der Waals surface area contributed by atoms with Gasteiger partial charge < -0.3 is 20.5 Å². The molecule has 0 aromatic heterocycles. The molecule has 0 radical (unpaired) electrons. The van der Waals surface area contributed by atoms with Gasteiger partial charge in [-0.15, -0.1) is 0 Å². The lowest BCUT2D eigenvalue weighted by Crippen LogP contribution is -2.57. The quantitative estimate of drug-likeness (QED) is 0.732. The number of carbonyl (C=O) groups excluding carboxylic acids is 1. The first-order chi connectivity index (χ1) is 8.12. The number of ether oxygens (including phenoxy) is 2. The van der Waals surface area contributed by atoms with Crippen LogP contribution in [0.25, 0.3) is 0 Å². The van der Waals surface area contributed by atoms with Gasteiger partial charge in [0, 0.05) is 32.3 Å². The first-order valence-electron chi connectivity index (χ1n) is 6.38. The molecule has 2 atom stereocenters. The van der Waals surface area contributed by atoms with Crippen molar-refractivity contribution in [3.05, 3.63) is 0 Å². The zero-order valence-electron chi connectivity index (χ0n) is 10.4. The molecule has 5 nitrogen and oxygen atoms in total. The third-order valence-corrected chi connectivity index (χ3v) is 3.90. The van der Waals surface area contributed by atoms with Crippen LogP contribution >= 0.6 is 0 Å². The smallest absolute Gasteiger partial charge is 0.240 e. The number of hydrogen-bond donors (Lipinski definition) is 2. The highest BCUT2D eigenvalue weighted by Gasteiger charge is 2.36. The molecule has 2 fully saturated rings. The van der Waals surface area contributed by atoms with Crippen molar-refractivity contribution >= 4 is 5.91 Å². The average molecular weight is 242 g/mol. The van der Waals surface area contributed by atoms with E-state index >= 15 is 0 Å². The van der Waals surface area contributed by atoms with Crippen molar-refractivity contribution in [1.29, 1.82) is 0 Å². The molecule has 1 amide bonds. The number of hydrogen-bond acceptors (Lipinski definition) is 4. The second-order valence-corrected chi connectivity index (χ2v) is 5.10. The van der Waals surface area contributed by atoms with E-state index in [1.54, 1.807) is 0 Å². The molecule has 0 saturated carbocycles. The summed E-state index contributed by atoms with van der Waals surface area (Å²) in [6, 6.07) is 0. The summed E-state index contributed by atoms with van der Waals surface area (Å²) in [5, 5.41) is 2.97. The van der Waals surface area contributed by atoms with Crippen molar-refractivity contribution in [2.24, 2.45) is 11.7 Å². The van der Waals surface area contributed by atoms with Gasteiger partial charge in [-0.05, 0) is 26.2 Å². The predicted octanol–water partition coefficient (Wildman–Crippen LogP) is 0.0355. The van der Waals surface area contributed by atoms with Crippen molar-refractivity contribution in [1.82, 2.24) is 5.32 Å². The Balaban J connectivity index is 1.80. The Labute approximate surface area is 102 Å². The summed E-state index contributed by atoms with van der Waals surface area (Å²) in [7, 11) is 0. The predicted molar refractivity (Wildman–Crippen MR) is 63.5 cm³/mol. The molecule has 0 aliphatic carbocycles. The van der Waals surface area contributed by atoms with Crippen molar-refractivity contribution < 1.29 is 14.3 Å². The monoisotopic (exact) mass is 242 g/mol. The van der Waals surface area contributed by atoms with Gasteiger partial charge in [0.05, 0.1) is 11.6 Å². The minimum absolute atomic E-state index is 0.0418. The summed E-state index contributed by atoms with van der Waals surface area (Å²) in [5.74, 6) is 0.377. The largest absolute Gasteiger partial charge is 0.381 e. The Morgan fingerprint density at radius 3 is 2.71 bits per heavy atom. The van der Waals surface area contributed by atoms with Gasteiger partial charge in [-0.2, -0.15) is 0 Å². The Morgan fingerprint density at radius 1 is 1.41 bits per heavy atom. The maximum atomic E-state index is 12.1. The molecular weight excluding hydrogens is 220 g/mol. The van der Waals surface area contributed by atoms with Crippen LogP contribution in [-0.2, 0) is 14.3 Å². The number of amides is 1. The molecule has 2 aliphatic rings. The van der Waals surface area contributed by atoms with Gasteiger partial charge in [-0.1, -0.05) is 0 Å². The van der Waals surface area contributed by atoms with E-state index in [1.807, 2.05) is 0 Å². The molecule has 5 heteroatoms. The molecule has 2 saturated heterocycles. The fraction of sp³-hybridized carbons (Fsp3) is 0.917. The molecule has 98 valence electrons. The van der Waals surface area contributed by atoms with E-state index in [-0.39, 0.29) is 12.0 Å². The minimum Gasteiger partial charge on any atom is -0.381 e. The Hall–Kier alpha value is -0.650. The summed E-state index contributed by atoms with van der Waals surface area (Å²) in [6.45, 7) is 4.67. The lowest BCUT2D eigenvalue weighted by atomic mass is 9.90. The van der Waals surface area contributed by atoms with E-state index in [0.717, 1.165) is 13.0 Å². The first kappa shape index (κ1) is 12.8. The number of carbonyl (C=O) groups is 1.